The van der Waals surface area contributed by atoms with Crippen LogP contribution in [0.1, 0.15) is 40.0 Å². The fourth-order valence-corrected chi connectivity index (χ4v) is 2.20. The second-order valence-corrected chi connectivity index (χ2v) is 4.61. The summed E-state index contributed by atoms with van der Waals surface area (Å²) in [6.07, 6.45) is 3.57. The van der Waals surface area contributed by atoms with Gasteiger partial charge in [-0.15, -0.1) is 0 Å². The first-order valence-electron chi connectivity index (χ1n) is 6.35. The lowest BCUT2D eigenvalue weighted by Crippen LogP contribution is -2.56. The van der Waals surface area contributed by atoms with E-state index in [9.17, 15) is 0 Å². The van der Waals surface area contributed by atoms with Crippen molar-refractivity contribution in [3.63, 3.8) is 0 Å². The molecule has 2 nitrogen and oxygen atoms in total. The average Bonchev–Trinajstić information content (AvgIpc) is 2.28. The minimum atomic E-state index is 0.678. The number of hydrogen-bond acceptors (Lipinski definition) is 2. The van der Waals surface area contributed by atoms with E-state index < -0.39 is 0 Å². The maximum Gasteiger partial charge on any atom is 0.0222 e. The first kappa shape index (κ1) is 12.7. The van der Waals surface area contributed by atoms with Gasteiger partial charge in [-0.2, -0.15) is 0 Å². The minimum Gasteiger partial charge on any atom is -0.311 e. The Labute approximate surface area is 94.7 Å². The summed E-state index contributed by atoms with van der Waals surface area (Å²) >= 11 is 0. The summed E-state index contributed by atoms with van der Waals surface area (Å²) < 4.78 is 0. The van der Waals surface area contributed by atoms with E-state index in [0.717, 1.165) is 19.5 Å². The molecule has 0 aliphatic carbocycles. The van der Waals surface area contributed by atoms with E-state index >= 15 is 0 Å². The fourth-order valence-electron chi connectivity index (χ4n) is 2.20. The molecule has 0 amide bonds. The van der Waals surface area contributed by atoms with Crippen LogP contribution in [-0.2, 0) is 0 Å². The monoisotopic (exact) mass is 210 g/mol. The van der Waals surface area contributed by atoms with Crippen molar-refractivity contribution < 1.29 is 0 Å². The van der Waals surface area contributed by atoms with Crippen molar-refractivity contribution in [2.45, 2.75) is 52.1 Å². The van der Waals surface area contributed by atoms with Crippen LogP contribution in [0.3, 0.4) is 0 Å². The van der Waals surface area contributed by atoms with Crippen molar-refractivity contribution in [2.75, 3.05) is 19.6 Å². The molecule has 0 aromatic carbocycles. The van der Waals surface area contributed by atoms with E-state index in [0.29, 0.717) is 12.1 Å². The van der Waals surface area contributed by atoms with E-state index in [-0.39, 0.29) is 0 Å². The minimum absolute atomic E-state index is 0.678. The predicted octanol–water partition coefficient (Wildman–Crippen LogP) is 2.42. The van der Waals surface area contributed by atoms with Crippen LogP contribution in [-0.4, -0.2) is 36.6 Å². The zero-order valence-electron chi connectivity index (χ0n) is 10.6. The van der Waals surface area contributed by atoms with Gasteiger partial charge in [0, 0.05) is 31.7 Å². The van der Waals surface area contributed by atoms with Crippen molar-refractivity contribution in [3.8, 4) is 0 Å². The number of nitrogens with zero attached hydrogens (tertiary/aromatic N) is 1. The molecule has 1 saturated heterocycles. The largest absolute Gasteiger partial charge is 0.311 e. The third-order valence-electron chi connectivity index (χ3n) is 3.50. The van der Waals surface area contributed by atoms with Crippen LogP contribution in [0.2, 0.25) is 0 Å². The number of piperazine rings is 1. The van der Waals surface area contributed by atoms with E-state index in [1.54, 1.807) is 0 Å². The first-order chi connectivity index (χ1) is 7.21. The summed E-state index contributed by atoms with van der Waals surface area (Å²) in [7, 11) is 0. The van der Waals surface area contributed by atoms with Crippen molar-refractivity contribution in [1.82, 2.24) is 10.2 Å². The second kappa shape index (κ2) is 6.29. The molecule has 0 aromatic rings. The van der Waals surface area contributed by atoms with Gasteiger partial charge in [-0.25, -0.2) is 0 Å². The van der Waals surface area contributed by atoms with Crippen LogP contribution in [0.25, 0.3) is 0 Å². The average molecular weight is 210 g/mol. The summed E-state index contributed by atoms with van der Waals surface area (Å²) in [6.45, 7) is 14.3. The van der Waals surface area contributed by atoms with Gasteiger partial charge in [0.05, 0.1) is 0 Å². The molecule has 88 valence electrons. The Kier molecular flexibility index (Phi) is 5.34. The highest BCUT2D eigenvalue weighted by molar-refractivity contribution is 4.99. The third kappa shape index (κ3) is 3.62. The van der Waals surface area contributed by atoms with Gasteiger partial charge >= 0.3 is 0 Å². The summed E-state index contributed by atoms with van der Waals surface area (Å²) in [5, 5.41) is 3.62. The maximum atomic E-state index is 4.12. The van der Waals surface area contributed by atoms with E-state index in [4.69, 9.17) is 0 Å². The molecule has 1 rings (SSSR count). The van der Waals surface area contributed by atoms with Gasteiger partial charge in [-0.3, -0.25) is 4.90 Å². The van der Waals surface area contributed by atoms with Gasteiger partial charge in [-0.05, 0) is 19.3 Å². The molecule has 1 N–H and O–H groups in total. The molecule has 0 saturated carbocycles. The molecule has 2 heteroatoms. The predicted molar refractivity (Wildman–Crippen MR) is 67.2 cm³/mol. The Bertz CT molecular complexity index is 201. The van der Waals surface area contributed by atoms with Crippen molar-refractivity contribution in [1.29, 1.82) is 0 Å². The van der Waals surface area contributed by atoms with Gasteiger partial charge in [0.2, 0.25) is 0 Å². The van der Waals surface area contributed by atoms with Crippen molar-refractivity contribution in [2.24, 2.45) is 0 Å². The molecule has 0 bridgehead atoms. The van der Waals surface area contributed by atoms with Gasteiger partial charge in [0.1, 0.15) is 0 Å². The van der Waals surface area contributed by atoms with Crippen LogP contribution in [0.15, 0.2) is 12.2 Å². The van der Waals surface area contributed by atoms with Crippen LogP contribution >= 0.6 is 0 Å². The Morgan fingerprint density at radius 2 is 2.07 bits per heavy atom. The Balaban J connectivity index is 2.50. The number of nitrogens with one attached hydrogen (secondary N) is 1. The van der Waals surface area contributed by atoms with Gasteiger partial charge in [0.15, 0.2) is 0 Å². The van der Waals surface area contributed by atoms with Crippen LogP contribution in [0, 0.1) is 0 Å². The van der Waals surface area contributed by atoms with E-state index in [1.165, 1.54) is 25.0 Å². The molecular formula is C13H26N2. The zero-order valence-corrected chi connectivity index (χ0v) is 10.6. The van der Waals surface area contributed by atoms with E-state index in [2.05, 4.69) is 37.6 Å². The van der Waals surface area contributed by atoms with Crippen LogP contribution in [0.5, 0.6) is 0 Å². The summed E-state index contributed by atoms with van der Waals surface area (Å²) in [4.78, 5) is 2.61. The molecule has 1 heterocycles. The SMILES string of the molecule is C=C(CC)CN1CC(CC)NCC1CC. The van der Waals surface area contributed by atoms with Crippen molar-refractivity contribution in [3.05, 3.63) is 12.2 Å². The smallest absolute Gasteiger partial charge is 0.0222 e. The summed E-state index contributed by atoms with van der Waals surface area (Å²) in [5.74, 6) is 0. The molecule has 0 spiro atoms. The summed E-state index contributed by atoms with van der Waals surface area (Å²) in [5.41, 5.74) is 1.37. The number of hydrogen-bond donors (Lipinski definition) is 1. The molecular weight excluding hydrogens is 184 g/mol. The highest BCUT2D eigenvalue weighted by Crippen LogP contribution is 2.14. The van der Waals surface area contributed by atoms with Crippen molar-refractivity contribution >= 4 is 0 Å². The molecule has 2 atom stereocenters. The molecule has 2 unspecified atom stereocenters. The van der Waals surface area contributed by atoms with Gasteiger partial charge in [-0.1, -0.05) is 32.9 Å². The van der Waals surface area contributed by atoms with E-state index in [1.807, 2.05) is 0 Å². The lowest BCUT2D eigenvalue weighted by atomic mass is 10.0. The lowest BCUT2D eigenvalue weighted by Gasteiger charge is -2.40. The Hall–Kier alpha value is -0.340. The number of rotatable bonds is 5. The maximum absolute atomic E-state index is 4.12. The second-order valence-electron chi connectivity index (χ2n) is 4.61. The Morgan fingerprint density at radius 3 is 2.60 bits per heavy atom. The molecule has 15 heavy (non-hydrogen) atoms. The van der Waals surface area contributed by atoms with Crippen LogP contribution < -0.4 is 5.32 Å². The topological polar surface area (TPSA) is 15.3 Å². The van der Waals surface area contributed by atoms with Gasteiger partial charge < -0.3 is 5.32 Å². The molecule has 1 aliphatic rings. The quantitative estimate of drug-likeness (QED) is 0.701. The third-order valence-corrected chi connectivity index (χ3v) is 3.50. The molecule has 0 radical (unpaired) electrons. The standard InChI is InChI=1S/C13H26N2/c1-5-11(4)9-15-10-12(6-2)14-8-13(15)7-3/h12-14H,4-10H2,1-3H3. The normalized spacial score (nSPS) is 27.9. The zero-order chi connectivity index (χ0) is 11.3. The fraction of sp³-hybridized carbons (Fsp3) is 0.846. The highest BCUT2D eigenvalue weighted by Gasteiger charge is 2.25. The first-order valence-corrected chi connectivity index (χ1v) is 6.35. The Morgan fingerprint density at radius 1 is 1.33 bits per heavy atom. The van der Waals surface area contributed by atoms with Gasteiger partial charge in [0.25, 0.3) is 0 Å². The molecule has 1 aliphatic heterocycles. The summed E-state index contributed by atoms with van der Waals surface area (Å²) in [6, 6.07) is 1.38. The lowest BCUT2D eigenvalue weighted by molar-refractivity contribution is 0.136. The highest BCUT2D eigenvalue weighted by atomic mass is 15.2. The molecule has 0 aromatic heterocycles. The molecule has 1 fully saturated rings. The van der Waals surface area contributed by atoms with Crippen LogP contribution in [0.4, 0.5) is 0 Å².